The van der Waals surface area contributed by atoms with Gasteiger partial charge in [-0.2, -0.15) is 5.10 Å². The zero-order chi connectivity index (χ0) is 16.9. The molecular formula is C18H27N3O3. The third-order valence-electron chi connectivity index (χ3n) is 5.86. The Bertz CT molecular complexity index is 642. The van der Waals surface area contributed by atoms with Crippen molar-refractivity contribution in [2.75, 3.05) is 26.8 Å². The number of amides is 1. The van der Waals surface area contributed by atoms with Crippen molar-refractivity contribution in [2.24, 2.45) is 5.41 Å². The molecule has 1 aromatic rings. The summed E-state index contributed by atoms with van der Waals surface area (Å²) in [4.78, 5) is 15.2. The molecule has 0 bridgehead atoms. The van der Waals surface area contributed by atoms with Gasteiger partial charge in [-0.1, -0.05) is 6.42 Å². The van der Waals surface area contributed by atoms with Crippen molar-refractivity contribution in [3.05, 3.63) is 17.0 Å². The lowest BCUT2D eigenvalue weighted by Crippen LogP contribution is -2.61. The molecule has 4 rings (SSSR count). The fraction of sp³-hybridized carbons (Fsp3) is 0.778. The van der Waals surface area contributed by atoms with Gasteiger partial charge in [0.15, 0.2) is 0 Å². The van der Waals surface area contributed by atoms with E-state index in [1.165, 1.54) is 19.3 Å². The van der Waals surface area contributed by atoms with E-state index in [9.17, 15) is 4.79 Å². The predicted molar refractivity (Wildman–Crippen MR) is 89.0 cm³/mol. The minimum atomic E-state index is -0.0616. The molecular weight excluding hydrogens is 306 g/mol. The highest BCUT2D eigenvalue weighted by Crippen LogP contribution is 2.48. The Morgan fingerprint density at radius 1 is 1.38 bits per heavy atom. The summed E-state index contributed by atoms with van der Waals surface area (Å²) >= 11 is 0. The van der Waals surface area contributed by atoms with Crippen molar-refractivity contribution in [2.45, 2.75) is 58.3 Å². The van der Waals surface area contributed by atoms with Crippen LogP contribution in [0.1, 0.15) is 61.0 Å². The molecule has 1 aliphatic carbocycles. The Kier molecular flexibility index (Phi) is 3.92. The second kappa shape index (κ2) is 5.85. The van der Waals surface area contributed by atoms with Crippen LogP contribution in [0.25, 0.3) is 0 Å². The van der Waals surface area contributed by atoms with Crippen molar-refractivity contribution >= 4 is 5.91 Å². The van der Waals surface area contributed by atoms with Gasteiger partial charge in [0, 0.05) is 37.6 Å². The lowest BCUT2D eigenvalue weighted by molar-refractivity contribution is -0.0434. The Morgan fingerprint density at radius 2 is 2.12 bits per heavy atom. The van der Waals surface area contributed by atoms with E-state index in [4.69, 9.17) is 14.6 Å². The zero-order valence-corrected chi connectivity index (χ0v) is 14.9. The first-order valence-corrected chi connectivity index (χ1v) is 9.06. The van der Waals surface area contributed by atoms with Crippen molar-refractivity contribution in [1.82, 2.24) is 14.7 Å². The number of hydrogen-bond donors (Lipinski definition) is 0. The van der Waals surface area contributed by atoms with Gasteiger partial charge in [0.05, 0.1) is 31.1 Å². The van der Waals surface area contributed by atoms with Crippen LogP contribution in [0.5, 0.6) is 0 Å². The molecule has 1 amide bonds. The van der Waals surface area contributed by atoms with Crippen LogP contribution in [0.2, 0.25) is 0 Å². The van der Waals surface area contributed by atoms with Gasteiger partial charge in [0.1, 0.15) is 5.69 Å². The van der Waals surface area contributed by atoms with E-state index in [-0.39, 0.29) is 18.1 Å². The van der Waals surface area contributed by atoms with Crippen LogP contribution in [-0.2, 0) is 22.4 Å². The summed E-state index contributed by atoms with van der Waals surface area (Å²) < 4.78 is 12.9. The first-order valence-electron chi connectivity index (χ1n) is 9.06. The number of fused-ring (bicyclic) bond motifs is 1. The number of carbonyl (C=O) groups excluding carboxylic acids is 1. The maximum absolute atomic E-state index is 13.2. The summed E-state index contributed by atoms with van der Waals surface area (Å²) in [5, 5.41) is 4.70. The summed E-state index contributed by atoms with van der Waals surface area (Å²) in [5.74, 6) is 0.138. The third-order valence-corrected chi connectivity index (χ3v) is 5.86. The highest BCUT2D eigenvalue weighted by atomic mass is 16.5. The van der Waals surface area contributed by atoms with Gasteiger partial charge >= 0.3 is 0 Å². The second-order valence-electron chi connectivity index (χ2n) is 7.74. The van der Waals surface area contributed by atoms with Gasteiger partial charge in [-0.3, -0.25) is 9.48 Å². The molecule has 2 atom stereocenters. The second-order valence-corrected chi connectivity index (χ2v) is 7.74. The molecule has 132 valence electrons. The SMILES string of the molecule is COCCn1nc2c(c1C(=O)N1CC3(CCC3)C1)C[C@H](C)O[C@@H]2C. The van der Waals surface area contributed by atoms with Gasteiger partial charge < -0.3 is 14.4 Å². The molecule has 0 N–H and O–H groups in total. The third kappa shape index (κ3) is 2.47. The van der Waals surface area contributed by atoms with Crippen molar-refractivity contribution in [1.29, 1.82) is 0 Å². The number of rotatable bonds is 4. The monoisotopic (exact) mass is 333 g/mol. The van der Waals surface area contributed by atoms with Gasteiger partial charge in [-0.25, -0.2) is 0 Å². The number of hydrogen-bond acceptors (Lipinski definition) is 4. The number of likely N-dealkylation sites (tertiary alicyclic amines) is 1. The van der Waals surface area contributed by atoms with E-state index >= 15 is 0 Å². The average Bonchev–Trinajstić information content (AvgIpc) is 2.80. The maximum atomic E-state index is 13.2. The molecule has 3 aliphatic rings. The van der Waals surface area contributed by atoms with Crippen LogP contribution in [0.4, 0.5) is 0 Å². The first kappa shape index (κ1) is 16.1. The lowest BCUT2D eigenvalue weighted by atomic mass is 9.63. The number of aromatic nitrogens is 2. The minimum absolute atomic E-state index is 0.0616. The van der Waals surface area contributed by atoms with E-state index in [1.54, 1.807) is 7.11 Å². The molecule has 2 fully saturated rings. The maximum Gasteiger partial charge on any atom is 0.272 e. The summed E-state index contributed by atoms with van der Waals surface area (Å²) in [6, 6.07) is 0. The fourth-order valence-corrected chi connectivity index (χ4v) is 4.42. The Morgan fingerprint density at radius 3 is 2.75 bits per heavy atom. The Labute approximate surface area is 143 Å². The number of nitrogens with zero attached hydrogens (tertiary/aromatic N) is 3. The van der Waals surface area contributed by atoms with E-state index in [2.05, 4.69) is 6.92 Å². The summed E-state index contributed by atoms with van der Waals surface area (Å²) in [6.45, 7) is 7.06. The normalized spacial score (nSPS) is 27.5. The molecule has 0 radical (unpaired) electrons. The summed E-state index contributed by atoms with van der Waals surface area (Å²) in [5.41, 5.74) is 3.21. The molecule has 6 nitrogen and oxygen atoms in total. The average molecular weight is 333 g/mol. The van der Waals surface area contributed by atoms with E-state index < -0.39 is 0 Å². The molecule has 3 heterocycles. The van der Waals surface area contributed by atoms with Crippen LogP contribution in [0.3, 0.4) is 0 Å². The van der Waals surface area contributed by atoms with Crippen molar-refractivity contribution < 1.29 is 14.3 Å². The molecule has 1 saturated carbocycles. The first-order chi connectivity index (χ1) is 11.5. The molecule has 0 aromatic carbocycles. The predicted octanol–water partition coefficient (Wildman–Crippen LogP) is 2.18. The summed E-state index contributed by atoms with van der Waals surface area (Å²) in [6.07, 6.45) is 4.68. The molecule has 1 saturated heterocycles. The van der Waals surface area contributed by atoms with Crippen molar-refractivity contribution in [3.63, 3.8) is 0 Å². The van der Waals surface area contributed by atoms with Crippen LogP contribution in [0.15, 0.2) is 0 Å². The standard InChI is InChI=1S/C18H27N3O3/c1-12-9-14-15(13(2)24-12)19-21(7-8-23-3)16(14)17(22)20-10-18(11-20)5-4-6-18/h12-13H,4-11H2,1-3H3/t12-,13+/m0/s1. The van der Waals surface area contributed by atoms with Crippen LogP contribution in [0, 0.1) is 5.41 Å². The highest BCUT2D eigenvalue weighted by molar-refractivity contribution is 5.95. The largest absolute Gasteiger partial charge is 0.383 e. The molecule has 2 aliphatic heterocycles. The molecule has 1 aromatic heterocycles. The quantitative estimate of drug-likeness (QED) is 0.847. The van der Waals surface area contributed by atoms with Crippen molar-refractivity contribution in [3.8, 4) is 0 Å². The number of ether oxygens (including phenoxy) is 2. The van der Waals surface area contributed by atoms with Crippen LogP contribution in [-0.4, -0.2) is 53.5 Å². The van der Waals surface area contributed by atoms with Crippen LogP contribution < -0.4 is 0 Å². The van der Waals surface area contributed by atoms with E-state index in [0.29, 0.717) is 18.6 Å². The smallest absolute Gasteiger partial charge is 0.272 e. The Balaban J connectivity index is 1.63. The van der Waals surface area contributed by atoms with E-state index in [1.807, 2.05) is 16.5 Å². The van der Waals surface area contributed by atoms with Gasteiger partial charge in [-0.05, 0) is 26.7 Å². The number of carbonyl (C=O) groups is 1. The molecule has 6 heteroatoms. The minimum Gasteiger partial charge on any atom is -0.383 e. The van der Waals surface area contributed by atoms with Gasteiger partial charge in [0.2, 0.25) is 0 Å². The molecule has 0 unspecified atom stereocenters. The summed E-state index contributed by atoms with van der Waals surface area (Å²) in [7, 11) is 1.68. The molecule has 1 spiro atoms. The van der Waals surface area contributed by atoms with Gasteiger partial charge in [-0.15, -0.1) is 0 Å². The fourth-order valence-electron chi connectivity index (χ4n) is 4.42. The lowest BCUT2D eigenvalue weighted by Gasteiger charge is -2.55. The number of methoxy groups -OCH3 is 1. The highest BCUT2D eigenvalue weighted by Gasteiger charge is 2.50. The Hall–Kier alpha value is -1.40. The van der Waals surface area contributed by atoms with E-state index in [0.717, 1.165) is 36.5 Å². The van der Waals surface area contributed by atoms with Gasteiger partial charge in [0.25, 0.3) is 5.91 Å². The van der Waals surface area contributed by atoms with Crippen LogP contribution >= 0.6 is 0 Å². The zero-order valence-electron chi connectivity index (χ0n) is 14.9. The molecule has 24 heavy (non-hydrogen) atoms. The topological polar surface area (TPSA) is 56.6 Å².